The highest BCUT2D eigenvalue weighted by Crippen LogP contribution is 2.36. The molecule has 3 fully saturated rings. The normalized spacial score (nSPS) is 20.5. The maximum Gasteiger partial charge on any atom is 0.265 e. The SMILES string of the molecule is O=C(C1CCN(c2ccc(S(=O)(=O)C3(C(=O)NO)CCOCC3)cc2)CC1)N1CCN(CCc2ccccc2)CC1. The summed E-state index contributed by atoms with van der Waals surface area (Å²) in [6.07, 6.45) is 2.50. The summed E-state index contributed by atoms with van der Waals surface area (Å²) in [6.45, 7) is 6.04. The fraction of sp³-hybridized carbons (Fsp3) is 0.533. The molecule has 0 radical (unpaired) electrons. The van der Waals surface area contributed by atoms with E-state index in [2.05, 4.69) is 34.1 Å². The Balaban J connectivity index is 1.12. The van der Waals surface area contributed by atoms with E-state index in [1.54, 1.807) is 17.6 Å². The molecule has 2 amide bonds. The molecule has 3 saturated heterocycles. The number of ether oxygens (including phenoxy) is 1. The van der Waals surface area contributed by atoms with Crippen molar-refractivity contribution in [2.24, 2.45) is 5.92 Å². The predicted octanol–water partition coefficient (Wildman–Crippen LogP) is 2.12. The number of benzene rings is 2. The zero-order valence-corrected chi connectivity index (χ0v) is 24.2. The fourth-order valence-corrected chi connectivity index (χ4v) is 8.19. The summed E-state index contributed by atoms with van der Waals surface area (Å²) in [5.74, 6) is -0.671. The van der Waals surface area contributed by atoms with Crippen molar-refractivity contribution in [1.82, 2.24) is 15.3 Å². The standard InChI is InChI=1S/C30H40N4O6S/c35-28(34-20-18-32(19-21-34)15-10-24-4-2-1-3-5-24)25-11-16-33(17-12-25)26-6-8-27(9-7-26)41(38,39)30(29(36)31-37)13-22-40-23-14-30/h1-9,25,37H,10-23H2,(H,31,36). The van der Waals surface area contributed by atoms with Crippen LogP contribution in [0.25, 0.3) is 0 Å². The van der Waals surface area contributed by atoms with Gasteiger partial charge in [-0.1, -0.05) is 30.3 Å². The Morgan fingerprint density at radius 1 is 0.902 bits per heavy atom. The molecule has 11 heteroatoms. The number of hydrogen-bond donors (Lipinski definition) is 2. The van der Waals surface area contributed by atoms with Crippen LogP contribution < -0.4 is 10.4 Å². The molecule has 0 spiro atoms. The number of piperazine rings is 1. The third-order valence-corrected chi connectivity index (χ3v) is 11.4. The third kappa shape index (κ3) is 6.28. The lowest BCUT2D eigenvalue weighted by atomic mass is 9.94. The van der Waals surface area contributed by atoms with E-state index in [4.69, 9.17) is 4.74 Å². The number of hydroxylamine groups is 1. The first-order valence-corrected chi connectivity index (χ1v) is 16.0. The van der Waals surface area contributed by atoms with Gasteiger partial charge in [-0.3, -0.25) is 19.7 Å². The molecular formula is C30H40N4O6S. The van der Waals surface area contributed by atoms with E-state index < -0.39 is 20.5 Å². The van der Waals surface area contributed by atoms with Gasteiger partial charge >= 0.3 is 0 Å². The van der Waals surface area contributed by atoms with Gasteiger partial charge in [0.25, 0.3) is 5.91 Å². The van der Waals surface area contributed by atoms with Gasteiger partial charge in [0.1, 0.15) is 0 Å². The highest BCUT2D eigenvalue weighted by Gasteiger charge is 2.52. The van der Waals surface area contributed by atoms with Crippen molar-refractivity contribution < 1.29 is 28.0 Å². The second-order valence-electron chi connectivity index (χ2n) is 11.2. The van der Waals surface area contributed by atoms with E-state index in [0.717, 1.165) is 57.7 Å². The largest absolute Gasteiger partial charge is 0.381 e. The fourth-order valence-electron chi connectivity index (χ4n) is 6.25. The van der Waals surface area contributed by atoms with Gasteiger partial charge in [-0.15, -0.1) is 0 Å². The van der Waals surface area contributed by atoms with Crippen LogP contribution in [0.15, 0.2) is 59.5 Å². The van der Waals surface area contributed by atoms with Crippen LogP contribution in [0.4, 0.5) is 5.69 Å². The lowest BCUT2D eigenvalue weighted by molar-refractivity contribution is -0.138. The van der Waals surface area contributed by atoms with Gasteiger partial charge in [-0.2, -0.15) is 0 Å². The Hall–Kier alpha value is -2.99. The van der Waals surface area contributed by atoms with E-state index >= 15 is 0 Å². The average Bonchev–Trinajstić information content (AvgIpc) is 3.04. The summed E-state index contributed by atoms with van der Waals surface area (Å²) in [5, 5.41) is 9.25. The minimum absolute atomic E-state index is 0.00661. The number of anilines is 1. The molecule has 0 aromatic heterocycles. The van der Waals surface area contributed by atoms with Crippen LogP contribution in [0.5, 0.6) is 0 Å². The molecule has 5 rings (SSSR count). The average molecular weight is 585 g/mol. The van der Waals surface area contributed by atoms with Crippen molar-refractivity contribution in [3.05, 3.63) is 60.2 Å². The molecular weight excluding hydrogens is 544 g/mol. The summed E-state index contributed by atoms with van der Waals surface area (Å²) in [7, 11) is -4.06. The molecule has 0 bridgehead atoms. The molecule has 2 aromatic carbocycles. The first-order chi connectivity index (χ1) is 19.8. The third-order valence-electron chi connectivity index (χ3n) is 8.93. The second-order valence-corrected chi connectivity index (χ2v) is 13.5. The molecule has 2 N–H and O–H groups in total. The Labute approximate surface area is 242 Å². The number of piperidine rings is 1. The summed E-state index contributed by atoms with van der Waals surface area (Å²) < 4.78 is 30.5. The van der Waals surface area contributed by atoms with E-state index in [9.17, 15) is 23.2 Å². The highest BCUT2D eigenvalue weighted by molar-refractivity contribution is 7.93. The van der Waals surface area contributed by atoms with E-state index in [1.165, 1.54) is 17.7 Å². The number of rotatable bonds is 8. The van der Waals surface area contributed by atoms with Gasteiger partial charge in [-0.05, 0) is 61.9 Å². The molecule has 222 valence electrons. The van der Waals surface area contributed by atoms with Crippen LogP contribution in [-0.2, 0) is 30.6 Å². The van der Waals surface area contributed by atoms with Crippen molar-refractivity contribution in [3.8, 4) is 0 Å². The topological polar surface area (TPSA) is 119 Å². The number of nitrogens with zero attached hydrogens (tertiary/aromatic N) is 3. The van der Waals surface area contributed by atoms with Crippen molar-refractivity contribution in [3.63, 3.8) is 0 Å². The molecule has 0 atom stereocenters. The smallest absolute Gasteiger partial charge is 0.265 e. The van der Waals surface area contributed by atoms with Crippen LogP contribution in [0.2, 0.25) is 0 Å². The summed E-state index contributed by atoms with van der Waals surface area (Å²) in [5.41, 5.74) is 3.77. The molecule has 0 saturated carbocycles. The summed E-state index contributed by atoms with van der Waals surface area (Å²) in [6, 6.07) is 17.1. The Morgan fingerprint density at radius 2 is 1.54 bits per heavy atom. The number of hydrogen-bond acceptors (Lipinski definition) is 8. The molecule has 41 heavy (non-hydrogen) atoms. The van der Waals surface area contributed by atoms with Gasteiger partial charge in [0.15, 0.2) is 14.6 Å². The predicted molar refractivity (Wildman–Crippen MR) is 154 cm³/mol. The quantitative estimate of drug-likeness (QED) is 0.358. The Kier molecular flexibility index (Phi) is 9.28. The lowest BCUT2D eigenvalue weighted by Crippen LogP contribution is -2.54. The summed E-state index contributed by atoms with van der Waals surface area (Å²) >= 11 is 0. The first kappa shape index (κ1) is 29.5. The Morgan fingerprint density at radius 3 is 2.15 bits per heavy atom. The van der Waals surface area contributed by atoms with Crippen molar-refractivity contribution in [2.75, 3.05) is 63.9 Å². The van der Waals surface area contributed by atoms with E-state index in [0.29, 0.717) is 13.1 Å². The van der Waals surface area contributed by atoms with Gasteiger partial charge < -0.3 is 14.5 Å². The lowest BCUT2D eigenvalue weighted by Gasteiger charge is -2.39. The minimum Gasteiger partial charge on any atom is -0.381 e. The minimum atomic E-state index is -4.06. The van der Waals surface area contributed by atoms with Crippen LogP contribution in [0, 0.1) is 5.92 Å². The van der Waals surface area contributed by atoms with Gasteiger partial charge in [-0.25, -0.2) is 13.9 Å². The Bertz CT molecular complexity index is 1280. The zero-order valence-electron chi connectivity index (χ0n) is 23.4. The maximum absolute atomic E-state index is 13.5. The molecule has 3 aliphatic heterocycles. The first-order valence-electron chi connectivity index (χ1n) is 14.5. The maximum atomic E-state index is 13.5. The number of amides is 2. The van der Waals surface area contributed by atoms with E-state index in [-0.39, 0.29) is 42.8 Å². The van der Waals surface area contributed by atoms with Gasteiger partial charge in [0, 0.05) is 70.6 Å². The number of carbonyl (C=O) groups excluding carboxylic acids is 2. The van der Waals surface area contributed by atoms with Crippen LogP contribution >= 0.6 is 0 Å². The number of nitrogens with one attached hydrogen (secondary N) is 1. The molecule has 0 aliphatic carbocycles. The van der Waals surface area contributed by atoms with Crippen LogP contribution in [0.1, 0.15) is 31.2 Å². The zero-order chi connectivity index (χ0) is 28.9. The second kappa shape index (κ2) is 12.9. The molecule has 0 unspecified atom stereocenters. The molecule has 10 nitrogen and oxygen atoms in total. The molecule has 3 aliphatic rings. The highest BCUT2D eigenvalue weighted by atomic mass is 32.2. The van der Waals surface area contributed by atoms with Crippen molar-refractivity contribution >= 4 is 27.3 Å². The van der Waals surface area contributed by atoms with Crippen LogP contribution in [0.3, 0.4) is 0 Å². The van der Waals surface area contributed by atoms with E-state index in [1.807, 2.05) is 11.0 Å². The van der Waals surface area contributed by atoms with Crippen molar-refractivity contribution in [1.29, 1.82) is 0 Å². The van der Waals surface area contributed by atoms with Crippen LogP contribution in [-0.4, -0.2) is 99.0 Å². The number of sulfone groups is 1. The van der Waals surface area contributed by atoms with Gasteiger partial charge in [0.2, 0.25) is 5.91 Å². The molecule has 2 aromatic rings. The number of carbonyl (C=O) groups is 2. The van der Waals surface area contributed by atoms with Gasteiger partial charge in [0.05, 0.1) is 4.90 Å². The summed E-state index contributed by atoms with van der Waals surface area (Å²) in [4.78, 5) is 32.4. The monoisotopic (exact) mass is 584 g/mol. The van der Waals surface area contributed by atoms with Crippen molar-refractivity contribution in [2.45, 2.75) is 41.7 Å². The molecule has 3 heterocycles.